The van der Waals surface area contributed by atoms with Crippen molar-refractivity contribution in [3.63, 3.8) is 0 Å². The van der Waals surface area contributed by atoms with Gasteiger partial charge in [-0.3, -0.25) is 0 Å². The zero-order valence-corrected chi connectivity index (χ0v) is 18.0. The Morgan fingerprint density at radius 3 is 2.41 bits per heavy atom. The monoisotopic (exact) mass is 480 g/mol. The van der Waals surface area contributed by atoms with Crippen molar-refractivity contribution in [3.8, 4) is 22.5 Å². The van der Waals surface area contributed by atoms with Gasteiger partial charge in [0.05, 0.1) is 12.3 Å². The predicted octanol–water partition coefficient (Wildman–Crippen LogP) is 2.79. The van der Waals surface area contributed by atoms with Gasteiger partial charge in [-0.2, -0.15) is 0 Å². The summed E-state index contributed by atoms with van der Waals surface area (Å²) in [5, 5.41) is 24.4. The minimum absolute atomic E-state index is 0. The number of benzene rings is 2. The van der Waals surface area contributed by atoms with Crippen molar-refractivity contribution in [2.75, 3.05) is 0 Å². The molecule has 0 bridgehead atoms. The molecule has 0 unspecified atom stereocenters. The van der Waals surface area contributed by atoms with Gasteiger partial charge < -0.3 is 15.1 Å². The molecule has 10 heteroatoms. The van der Waals surface area contributed by atoms with Crippen LogP contribution in [-0.4, -0.2) is 92.1 Å². The van der Waals surface area contributed by atoms with Gasteiger partial charge in [-0.25, -0.2) is 10.1 Å². The van der Waals surface area contributed by atoms with Crippen molar-refractivity contribution in [2.45, 2.75) is 39.3 Å². The molecule has 0 spiro atoms. The second kappa shape index (κ2) is 12.7. The topological polar surface area (TPSA) is 124 Å². The summed E-state index contributed by atoms with van der Waals surface area (Å²) in [6, 6.07) is 16.3. The van der Waals surface area contributed by atoms with E-state index >= 15 is 0 Å². The van der Waals surface area contributed by atoms with E-state index in [1.807, 2.05) is 22.8 Å². The maximum absolute atomic E-state index is 9.77. The van der Waals surface area contributed by atoms with Crippen LogP contribution in [0.2, 0.25) is 5.15 Å². The van der Waals surface area contributed by atoms with Crippen LogP contribution in [0.25, 0.3) is 22.5 Å². The Balaban J connectivity index is 0.00000181. The van der Waals surface area contributed by atoms with E-state index in [-0.39, 0.29) is 63.5 Å². The summed E-state index contributed by atoms with van der Waals surface area (Å²) < 4.78 is 2.03. The Kier molecular flexibility index (Phi) is 10.7. The van der Waals surface area contributed by atoms with E-state index in [9.17, 15) is 5.11 Å². The quantitative estimate of drug-likeness (QED) is 0.375. The SMILES string of the molecule is CCCCc1nc(Cl)c(CO)n1Cc1ccc(-c2ccccc2-c2nnn[nH]2)cc1.O.[KH]. The third-order valence-electron chi connectivity index (χ3n) is 5.14. The van der Waals surface area contributed by atoms with E-state index in [1.165, 1.54) is 0 Å². The normalized spacial score (nSPS) is 10.5. The van der Waals surface area contributed by atoms with E-state index in [1.54, 1.807) is 0 Å². The summed E-state index contributed by atoms with van der Waals surface area (Å²) in [5.41, 5.74) is 4.84. The van der Waals surface area contributed by atoms with Crippen LogP contribution in [-0.2, 0) is 19.6 Å². The van der Waals surface area contributed by atoms with Gasteiger partial charge in [-0.1, -0.05) is 73.5 Å². The van der Waals surface area contributed by atoms with Crippen LogP contribution in [0.15, 0.2) is 48.5 Å². The summed E-state index contributed by atoms with van der Waals surface area (Å²) in [6.45, 7) is 2.63. The molecule has 0 aliphatic heterocycles. The molecule has 32 heavy (non-hydrogen) atoms. The molecule has 0 amide bonds. The summed E-state index contributed by atoms with van der Waals surface area (Å²) in [7, 11) is 0. The number of aromatic nitrogens is 6. The number of tetrazole rings is 1. The van der Waals surface area contributed by atoms with Gasteiger partial charge in [0.1, 0.15) is 5.82 Å². The van der Waals surface area contributed by atoms with Crippen molar-refractivity contribution in [1.82, 2.24) is 30.2 Å². The number of aliphatic hydroxyl groups is 1. The van der Waals surface area contributed by atoms with E-state index < -0.39 is 0 Å². The molecule has 8 nitrogen and oxygen atoms in total. The number of aliphatic hydroxyl groups excluding tert-OH is 1. The maximum atomic E-state index is 9.77. The fourth-order valence-electron chi connectivity index (χ4n) is 3.56. The standard InChI is InChI=1S/C22H23ClN6O.K.H2O.H/c1-2-3-8-20-24-21(23)19(14-30)29(20)13-15-9-11-16(12-10-15)17-6-4-5-7-18(17)22-25-27-28-26-22;;;/h4-7,9-12,30H,2-3,8,13-14H2,1H3,(H,25,26,27,28);;1H2;. The number of unbranched alkanes of at least 4 members (excludes halogenated alkanes) is 1. The number of H-pyrrole nitrogens is 1. The average Bonchev–Trinajstić information content (AvgIpc) is 3.41. The minimum atomic E-state index is -0.130. The molecular formula is C22H26ClKN6O2. The Bertz CT molecular complexity index is 1120. The van der Waals surface area contributed by atoms with Crippen LogP contribution in [0.4, 0.5) is 0 Å². The fourth-order valence-corrected chi connectivity index (χ4v) is 3.81. The van der Waals surface area contributed by atoms with Crippen LogP contribution in [0.3, 0.4) is 0 Å². The average molecular weight is 481 g/mol. The van der Waals surface area contributed by atoms with Crippen LogP contribution in [0, 0.1) is 0 Å². The van der Waals surface area contributed by atoms with Crippen LogP contribution < -0.4 is 0 Å². The molecule has 0 radical (unpaired) electrons. The molecule has 0 saturated heterocycles. The first-order valence-electron chi connectivity index (χ1n) is 9.98. The number of aryl methyl sites for hydroxylation is 1. The Hall–Kier alpha value is -1.43. The second-order valence-corrected chi connectivity index (χ2v) is 7.46. The van der Waals surface area contributed by atoms with E-state index in [0.29, 0.717) is 23.2 Å². The number of hydrogen-bond acceptors (Lipinski definition) is 5. The Morgan fingerprint density at radius 2 is 1.78 bits per heavy atom. The molecule has 4 aromatic rings. The number of hydrogen-bond donors (Lipinski definition) is 2. The van der Waals surface area contributed by atoms with Crippen LogP contribution in [0.5, 0.6) is 0 Å². The van der Waals surface area contributed by atoms with Crippen molar-refractivity contribution in [3.05, 3.63) is 70.8 Å². The Labute approximate surface area is 234 Å². The molecule has 4 N–H and O–H groups in total. The first-order valence-corrected chi connectivity index (χ1v) is 10.4. The predicted molar refractivity (Wildman–Crippen MR) is 127 cm³/mol. The molecule has 0 fully saturated rings. The van der Waals surface area contributed by atoms with Gasteiger partial charge in [0.2, 0.25) is 0 Å². The molecule has 2 heterocycles. The summed E-state index contributed by atoms with van der Waals surface area (Å²) in [6.07, 6.45) is 2.95. The molecule has 0 saturated carbocycles. The first-order chi connectivity index (χ1) is 14.7. The first kappa shape index (κ1) is 26.8. The van der Waals surface area contributed by atoms with Gasteiger partial charge in [0.25, 0.3) is 0 Å². The van der Waals surface area contributed by atoms with Gasteiger partial charge >= 0.3 is 51.4 Å². The molecule has 2 aromatic carbocycles. The van der Waals surface area contributed by atoms with Crippen LogP contribution >= 0.6 is 11.6 Å². The van der Waals surface area contributed by atoms with Gasteiger partial charge in [0, 0.05) is 18.5 Å². The second-order valence-electron chi connectivity index (χ2n) is 7.11. The molecule has 0 aliphatic carbocycles. The Morgan fingerprint density at radius 1 is 1.06 bits per heavy atom. The summed E-state index contributed by atoms with van der Waals surface area (Å²) >= 11 is 6.26. The zero-order chi connectivity index (χ0) is 20.9. The van der Waals surface area contributed by atoms with Crippen molar-refractivity contribution in [1.29, 1.82) is 0 Å². The van der Waals surface area contributed by atoms with E-state index in [4.69, 9.17) is 11.6 Å². The molecule has 164 valence electrons. The van der Waals surface area contributed by atoms with Gasteiger partial charge in [0.15, 0.2) is 11.0 Å². The van der Waals surface area contributed by atoms with Gasteiger partial charge in [-0.15, -0.1) is 5.10 Å². The molecule has 0 aliphatic rings. The van der Waals surface area contributed by atoms with Crippen molar-refractivity contribution < 1.29 is 10.6 Å². The van der Waals surface area contributed by atoms with Gasteiger partial charge in [-0.05, 0) is 33.5 Å². The molecule has 2 aromatic heterocycles. The van der Waals surface area contributed by atoms with Crippen molar-refractivity contribution >= 4 is 63.0 Å². The third-order valence-corrected chi connectivity index (χ3v) is 5.44. The van der Waals surface area contributed by atoms with Crippen molar-refractivity contribution in [2.24, 2.45) is 0 Å². The number of imidazole rings is 1. The number of nitrogens with zero attached hydrogens (tertiary/aromatic N) is 5. The molecule has 4 rings (SSSR count). The number of rotatable bonds is 8. The zero-order valence-electron chi connectivity index (χ0n) is 17.2. The fraction of sp³-hybridized carbons (Fsp3) is 0.273. The number of aromatic amines is 1. The summed E-state index contributed by atoms with van der Waals surface area (Å²) in [4.78, 5) is 4.47. The number of halogens is 1. The van der Waals surface area contributed by atoms with E-state index in [0.717, 1.165) is 47.3 Å². The third kappa shape index (κ3) is 5.92. The van der Waals surface area contributed by atoms with Crippen LogP contribution in [0.1, 0.15) is 36.8 Å². The number of nitrogens with one attached hydrogen (secondary N) is 1. The summed E-state index contributed by atoms with van der Waals surface area (Å²) in [5.74, 6) is 1.55. The molecule has 0 atom stereocenters. The van der Waals surface area contributed by atoms with E-state index in [2.05, 4.69) is 62.9 Å². The molecular weight excluding hydrogens is 455 g/mol.